The average molecular weight is 124 g/mol. The highest BCUT2D eigenvalue weighted by atomic mass is 16.1. The molecule has 0 spiro atoms. The van der Waals surface area contributed by atoms with Crippen molar-refractivity contribution in [3.8, 4) is 0 Å². The normalized spacial score (nSPS) is 6.67. The number of rotatable bonds is 3. The summed E-state index contributed by atoms with van der Waals surface area (Å²) in [5.74, 6) is 0. The fourth-order valence-corrected chi connectivity index (χ4v) is 0.223. The number of hydrogen-bond donors (Lipinski definition) is 0. The van der Waals surface area contributed by atoms with E-state index in [1.54, 1.807) is 0 Å². The van der Waals surface area contributed by atoms with Gasteiger partial charge in [-0.2, -0.15) is 9.98 Å². The fraction of sp³-hybridized carbons (Fsp3) is 0.200. The molecule has 0 heterocycles. The van der Waals surface area contributed by atoms with Crippen molar-refractivity contribution in [2.24, 2.45) is 9.98 Å². The summed E-state index contributed by atoms with van der Waals surface area (Å²) in [6, 6.07) is 0. The van der Waals surface area contributed by atoms with Crippen LogP contribution in [0.2, 0.25) is 0 Å². The first-order valence-corrected chi connectivity index (χ1v) is 2.10. The van der Waals surface area contributed by atoms with Crippen LogP contribution in [0.15, 0.2) is 22.3 Å². The highest BCUT2D eigenvalue weighted by Crippen LogP contribution is 1.88. The third kappa shape index (κ3) is 4.35. The third-order valence-corrected chi connectivity index (χ3v) is 0.530. The third-order valence-electron chi connectivity index (χ3n) is 0.530. The standard InChI is InChI=1S/C5H4N2O2/c1-5(7-4-9)2-6-3-8/h1-2H2. The zero-order valence-electron chi connectivity index (χ0n) is 4.63. The van der Waals surface area contributed by atoms with Gasteiger partial charge in [0.1, 0.15) is 0 Å². The lowest BCUT2D eigenvalue weighted by molar-refractivity contribution is 0.561. The maximum Gasteiger partial charge on any atom is 0.240 e. The number of hydrogen-bond acceptors (Lipinski definition) is 4. The van der Waals surface area contributed by atoms with Crippen LogP contribution in [-0.2, 0) is 9.59 Å². The van der Waals surface area contributed by atoms with E-state index in [2.05, 4.69) is 16.6 Å². The van der Waals surface area contributed by atoms with Gasteiger partial charge in [-0.1, -0.05) is 6.58 Å². The van der Waals surface area contributed by atoms with E-state index in [1.807, 2.05) is 0 Å². The van der Waals surface area contributed by atoms with Gasteiger partial charge in [0.05, 0.1) is 12.2 Å². The number of carbonyl (C=O) groups excluding carboxylic acids is 2. The van der Waals surface area contributed by atoms with E-state index >= 15 is 0 Å². The quantitative estimate of drug-likeness (QED) is 0.397. The molecule has 9 heavy (non-hydrogen) atoms. The van der Waals surface area contributed by atoms with Gasteiger partial charge in [0, 0.05) is 0 Å². The number of aliphatic imine (C=N–C) groups is 2. The first-order valence-electron chi connectivity index (χ1n) is 2.10. The van der Waals surface area contributed by atoms with E-state index in [4.69, 9.17) is 0 Å². The maximum atomic E-state index is 9.49. The Balaban J connectivity index is 3.77. The van der Waals surface area contributed by atoms with Crippen molar-refractivity contribution in [3.63, 3.8) is 0 Å². The van der Waals surface area contributed by atoms with Crippen molar-refractivity contribution in [2.45, 2.75) is 0 Å². The van der Waals surface area contributed by atoms with Gasteiger partial charge < -0.3 is 0 Å². The van der Waals surface area contributed by atoms with E-state index in [-0.39, 0.29) is 12.2 Å². The first-order chi connectivity index (χ1) is 4.31. The Morgan fingerprint density at radius 1 is 1.44 bits per heavy atom. The minimum absolute atomic E-state index is 0.0126. The molecule has 0 aliphatic carbocycles. The summed E-state index contributed by atoms with van der Waals surface area (Å²) in [6.07, 6.45) is 2.54. The minimum Gasteiger partial charge on any atom is -0.211 e. The van der Waals surface area contributed by atoms with E-state index < -0.39 is 0 Å². The highest BCUT2D eigenvalue weighted by molar-refractivity contribution is 5.38. The van der Waals surface area contributed by atoms with Crippen molar-refractivity contribution in [2.75, 3.05) is 6.54 Å². The topological polar surface area (TPSA) is 58.9 Å². The molecule has 0 aromatic carbocycles. The van der Waals surface area contributed by atoms with Gasteiger partial charge in [0.15, 0.2) is 0 Å². The van der Waals surface area contributed by atoms with Gasteiger partial charge in [-0.05, 0) is 0 Å². The molecule has 4 heteroatoms. The Bertz CT molecular complexity index is 197. The molecule has 0 fully saturated rings. The van der Waals surface area contributed by atoms with Gasteiger partial charge in [0.25, 0.3) is 0 Å². The minimum atomic E-state index is 0.0126. The largest absolute Gasteiger partial charge is 0.240 e. The summed E-state index contributed by atoms with van der Waals surface area (Å²) in [5.41, 5.74) is 0.202. The predicted molar refractivity (Wildman–Crippen MR) is 30.2 cm³/mol. The molecule has 0 amide bonds. The summed E-state index contributed by atoms with van der Waals surface area (Å²) in [7, 11) is 0. The molecule has 0 aromatic rings. The van der Waals surface area contributed by atoms with Crippen LogP contribution in [0.5, 0.6) is 0 Å². The monoisotopic (exact) mass is 124 g/mol. The smallest absolute Gasteiger partial charge is 0.211 e. The van der Waals surface area contributed by atoms with Crippen LogP contribution in [0.3, 0.4) is 0 Å². The SMILES string of the molecule is C=C(CN=C=O)N=C=O. The molecular formula is C5H4N2O2. The van der Waals surface area contributed by atoms with Crippen LogP contribution in [0.1, 0.15) is 0 Å². The fourth-order valence-electron chi connectivity index (χ4n) is 0.223. The summed E-state index contributed by atoms with van der Waals surface area (Å²) in [5, 5.41) is 0. The predicted octanol–water partition coefficient (Wildman–Crippen LogP) is 0.172. The summed E-state index contributed by atoms with van der Waals surface area (Å²) in [4.78, 5) is 25.1. The van der Waals surface area contributed by atoms with Gasteiger partial charge in [0.2, 0.25) is 12.2 Å². The molecule has 0 saturated heterocycles. The van der Waals surface area contributed by atoms with Crippen LogP contribution < -0.4 is 0 Å². The first kappa shape index (κ1) is 7.50. The molecule has 0 N–H and O–H groups in total. The van der Waals surface area contributed by atoms with E-state index in [9.17, 15) is 9.59 Å². The number of nitrogens with zero attached hydrogens (tertiary/aromatic N) is 2. The van der Waals surface area contributed by atoms with Crippen molar-refractivity contribution < 1.29 is 9.59 Å². The van der Waals surface area contributed by atoms with E-state index in [0.29, 0.717) is 0 Å². The molecule has 0 aliphatic heterocycles. The molecule has 46 valence electrons. The van der Waals surface area contributed by atoms with Crippen molar-refractivity contribution in [1.29, 1.82) is 0 Å². The summed E-state index contributed by atoms with van der Waals surface area (Å²) in [6.45, 7) is 3.29. The summed E-state index contributed by atoms with van der Waals surface area (Å²) < 4.78 is 0. The molecule has 0 aromatic heterocycles. The van der Waals surface area contributed by atoms with Gasteiger partial charge in [-0.3, -0.25) is 0 Å². The molecule has 0 atom stereocenters. The molecule has 0 saturated carbocycles. The van der Waals surface area contributed by atoms with Crippen LogP contribution in [0, 0.1) is 0 Å². The van der Waals surface area contributed by atoms with Crippen molar-refractivity contribution >= 4 is 12.2 Å². The lowest BCUT2D eigenvalue weighted by Crippen LogP contribution is -1.79. The zero-order chi connectivity index (χ0) is 7.11. The Labute approximate surface area is 51.6 Å². The second-order valence-corrected chi connectivity index (χ2v) is 1.18. The van der Waals surface area contributed by atoms with Crippen LogP contribution in [0.25, 0.3) is 0 Å². The molecule has 0 aliphatic rings. The van der Waals surface area contributed by atoms with Crippen molar-refractivity contribution in [3.05, 3.63) is 12.3 Å². The molecular weight excluding hydrogens is 120 g/mol. The lowest BCUT2D eigenvalue weighted by Gasteiger charge is -1.82. The lowest BCUT2D eigenvalue weighted by atomic mass is 10.5. The van der Waals surface area contributed by atoms with Crippen LogP contribution >= 0.6 is 0 Å². The average Bonchev–Trinajstić information content (AvgIpc) is 1.85. The molecule has 0 rings (SSSR count). The van der Waals surface area contributed by atoms with Crippen LogP contribution in [0.4, 0.5) is 0 Å². The molecule has 0 radical (unpaired) electrons. The van der Waals surface area contributed by atoms with Gasteiger partial charge >= 0.3 is 0 Å². The zero-order valence-corrected chi connectivity index (χ0v) is 4.63. The van der Waals surface area contributed by atoms with E-state index in [1.165, 1.54) is 12.2 Å². The van der Waals surface area contributed by atoms with Crippen LogP contribution in [-0.4, -0.2) is 18.7 Å². The Kier molecular flexibility index (Phi) is 3.88. The second-order valence-electron chi connectivity index (χ2n) is 1.18. The van der Waals surface area contributed by atoms with Gasteiger partial charge in [-0.25, -0.2) is 9.59 Å². The summed E-state index contributed by atoms with van der Waals surface area (Å²) >= 11 is 0. The highest BCUT2D eigenvalue weighted by Gasteiger charge is 1.83. The molecule has 0 unspecified atom stereocenters. The van der Waals surface area contributed by atoms with Gasteiger partial charge in [-0.15, -0.1) is 0 Å². The molecule has 0 bridgehead atoms. The molecule has 4 nitrogen and oxygen atoms in total. The Morgan fingerprint density at radius 3 is 2.56 bits per heavy atom. The van der Waals surface area contributed by atoms with E-state index in [0.717, 1.165) is 0 Å². The van der Waals surface area contributed by atoms with Crippen molar-refractivity contribution in [1.82, 2.24) is 0 Å². The Hall–Kier alpha value is -1.50. The Morgan fingerprint density at radius 2 is 2.11 bits per heavy atom. The number of isocyanates is 2. The second kappa shape index (κ2) is 4.65. The maximum absolute atomic E-state index is 9.49.